The van der Waals surface area contributed by atoms with E-state index in [1.165, 1.54) is 11.1 Å². The molecule has 120 valence electrons. The molecule has 0 spiro atoms. The molecule has 2 atom stereocenters. The molecule has 2 rings (SSSR count). The molecule has 0 fully saturated rings. The standard InChI is InChI=1S/C19H27NO2/c1-16(10-11-19-14-20(21)13-17(19)2)7-6-12-22-15-18-8-4-3-5-9-18/h3-5,8-9,14,17,19H,1,6-7,10-13,15H2,2H3/t17-,19+/m1/s1. The van der Waals surface area contributed by atoms with Crippen LogP contribution in [-0.2, 0) is 11.3 Å². The van der Waals surface area contributed by atoms with E-state index in [1.54, 1.807) is 0 Å². The molecule has 1 aromatic rings. The minimum atomic E-state index is 0.420. The average Bonchev–Trinajstić information content (AvgIpc) is 2.84. The Balaban J connectivity index is 1.53. The Morgan fingerprint density at radius 2 is 2.09 bits per heavy atom. The number of hydrogen-bond donors (Lipinski definition) is 0. The summed E-state index contributed by atoms with van der Waals surface area (Å²) in [7, 11) is 0. The maximum atomic E-state index is 11.3. The molecule has 0 saturated heterocycles. The molecule has 0 aromatic heterocycles. The molecule has 1 aliphatic heterocycles. The summed E-state index contributed by atoms with van der Waals surface area (Å²) in [5, 5.41) is 11.3. The van der Waals surface area contributed by atoms with Gasteiger partial charge in [-0.2, -0.15) is 0 Å². The minimum Gasteiger partial charge on any atom is -0.624 e. The Morgan fingerprint density at radius 3 is 2.77 bits per heavy atom. The molecule has 0 N–H and O–H groups in total. The van der Waals surface area contributed by atoms with Crippen LogP contribution in [0.5, 0.6) is 0 Å². The zero-order valence-electron chi connectivity index (χ0n) is 13.5. The molecular formula is C19H27NO2. The van der Waals surface area contributed by atoms with Crippen LogP contribution in [0.2, 0.25) is 0 Å². The van der Waals surface area contributed by atoms with Crippen LogP contribution >= 0.6 is 0 Å². The van der Waals surface area contributed by atoms with Gasteiger partial charge in [0, 0.05) is 18.4 Å². The third-order valence-electron chi connectivity index (χ3n) is 4.32. The van der Waals surface area contributed by atoms with Gasteiger partial charge in [0.1, 0.15) is 0 Å². The van der Waals surface area contributed by atoms with Crippen LogP contribution in [0.25, 0.3) is 0 Å². The first kappa shape index (κ1) is 16.8. The summed E-state index contributed by atoms with van der Waals surface area (Å²) in [4.78, 5) is 0. The average molecular weight is 301 g/mol. The highest BCUT2D eigenvalue weighted by molar-refractivity contribution is 5.57. The quantitative estimate of drug-likeness (QED) is 0.297. The fourth-order valence-corrected chi connectivity index (χ4v) is 2.88. The first-order valence-electron chi connectivity index (χ1n) is 8.22. The van der Waals surface area contributed by atoms with E-state index in [4.69, 9.17) is 4.74 Å². The number of rotatable bonds is 9. The van der Waals surface area contributed by atoms with E-state index in [2.05, 4.69) is 25.6 Å². The predicted molar refractivity (Wildman–Crippen MR) is 90.9 cm³/mol. The van der Waals surface area contributed by atoms with Crippen molar-refractivity contribution < 1.29 is 9.48 Å². The van der Waals surface area contributed by atoms with Crippen molar-refractivity contribution in [1.82, 2.24) is 0 Å². The van der Waals surface area contributed by atoms with Gasteiger partial charge in [0.25, 0.3) is 0 Å². The molecular weight excluding hydrogens is 274 g/mol. The highest BCUT2D eigenvalue weighted by atomic mass is 16.5. The lowest BCUT2D eigenvalue weighted by Gasteiger charge is -2.11. The monoisotopic (exact) mass is 301 g/mol. The van der Waals surface area contributed by atoms with Crippen molar-refractivity contribution in [3.8, 4) is 0 Å². The van der Waals surface area contributed by atoms with Gasteiger partial charge in [-0.05, 0) is 31.2 Å². The van der Waals surface area contributed by atoms with Crippen molar-refractivity contribution in [3.63, 3.8) is 0 Å². The zero-order valence-corrected chi connectivity index (χ0v) is 13.5. The SMILES string of the molecule is C=C(CCCOCc1ccccc1)CC[C@H]1C=[N+]([O-])C[C@H]1C. The van der Waals surface area contributed by atoms with E-state index in [0.717, 1.165) is 37.0 Å². The summed E-state index contributed by atoms with van der Waals surface area (Å²) in [6, 6.07) is 10.2. The Morgan fingerprint density at radius 1 is 1.32 bits per heavy atom. The lowest BCUT2D eigenvalue weighted by molar-refractivity contribution is -0.449. The van der Waals surface area contributed by atoms with E-state index in [1.807, 2.05) is 24.4 Å². The molecule has 3 heteroatoms. The number of ether oxygens (including phenoxy) is 1. The Bertz CT molecular complexity index is 495. The van der Waals surface area contributed by atoms with Gasteiger partial charge in [-0.1, -0.05) is 49.4 Å². The van der Waals surface area contributed by atoms with E-state index < -0.39 is 0 Å². The molecule has 0 amide bonds. The lowest BCUT2D eigenvalue weighted by Crippen LogP contribution is -2.10. The summed E-state index contributed by atoms with van der Waals surface area (Å²) in [5.41, 5.74) is 2.49. The van der Waals surface area contributed by atoms with Crippen molar-refractivity contribution in [3.05, 3.63) is 53.3 Å². The van der Waals surface area contributed by atoms with E-state index in [0.29, 0.717) is 25.0 Å². The first-order valence-corrected chi connectivity index (χ1v) is 8.22. The van der Waals surface area contributed by atoms with Gasteiger partial charge < -0.3 is 9.94 Å². The largest absolute Gasteiger partial charge is 0.624 e. The smallest absolute Gasteiger partial charge is 0.156 e. The Hall–Kier alpha value is -1.61. The third-order valence-corrected chi connectivity index (χ3v) is 4.32. The summed E-state index contributed by atoms with van der Waals surface area (Å²) in [6.45, 7) is 8.40. The fourth-order valence-electron chi connectivity index (χ4n) is 2.88. The highest BCUT2D eigenvalue weighted by Gasteiger charge is 2.27. The van der Waals surface area contributed by atoms with Gasteiger partial charge in [-0.3, -0.25) is 0 Å². The van der Waals surface area contributed by atoms with E-state index in [9.17, 15) is 5.21 Å². The van der Waals surface area contributed by atoms with Gasteiger partial charge in [-0.15, -0.1) is 0 Å². The van der Waals surface area contributed by atoms with Crippen molar-refractivity contribution >= 4 is 6.21 Å². The summed E-state index contributed by atoms with van der Waals surface area (Å²) < 4.78 is 6.76. The second-order valence-electron chi connectivity index (χ2n) is 6.32. The number of allylic oxidation sites excluding steroid dienone is 1. The lowest BCUT2D eigenvalue weighted by atomic mass is 9.91. The Labute approximate surface area is 133 Å². The number of nitrogens with zero attached hydrogens (tertiary/aromatic N) is 1. The topological polar surface area (TPSA) is 35.3 Å². The normalized spacial score (nSPS) is 20.9. The highest BCUT2D eigenvalue weighted by Crippen LogP contribution is 2.23. The molecule has 0 saturated carbocycles. The maximum Gasteiger partial charge on any atom is 0.156 e. The van der Waals surface area contributed by atoms with Crippen molar-refractivity contribution in [2.45, 2.75) is 39.2 Å². The molecule has 0 bridgehead atoms. The molecule has 0 unspecified atom stereocenters. The summed E-state index contributed by atoms with van der Waals surface area (Å²) in [5.74, 6) is 0.892. The van der Waals surface area contributed by atoms with Crippen molar-refractivity contribution in [2.75, 3.05) is 13.2 Å². The molecule has 0 radical (unpaired) electrons. The van der Waals surface area contributed by atoms with Gasteiger partial charge in [0.15, 0.2) is 12.8 Å². The Kier molecular flexibility index (Phi) is 6.66. The number of benzene rings is 1. The van der Waals surface area contributed by atoms with Crippen LogP contribution in [0.3, 0.4) is 0 Å². The predicted octanol–water partition coefficient (Wildman–Crippen LogP) is 4.17. The second kappa shape index (κ2) is 8.74. The van der Waals surface area contributed by atoms with Gasteiger partial charge >= 0.3 is 0 Å². The van der Waals surface area contributed by atoms with Gasteiger partial charge in [-0.25, -0.2) is 4.74 Å². The molecule has 1 aromatic carbocycles. The van der Waals surface area contributed by atoms with E-state index in [-0.39, 0.29) is 0 Å². The van der Waals surface area contributed by atoms with Crippen LogP contribution in [0.15, 0.2) is 42.5 Å². The maximum absolute atomic E-state index is 11.3. The summed E-state index contributed by atoms with van der Waals surface area (Å²) in [6.07, 6.45) is 5.92. The second-order valence-corrected chi connectivity index (χ2v) is 6.32. The van der Waals surface area contributed by atoms with Crippen LogP contribution in [-0.4, -0.2) is 24.1 Å². The first-order chi connectivity index (χ1) is 10.6. The number of hydroxylamine groups is 1. The molecule has 22 heavy (non-hydrogen) atoms. The van der Waals surface area contributed by atoms with Crippen molar-refractivity contribution in [1.29, 1.82) is 0 Å². The number of hydrogen-bond acceptors (Lipinski definition) is 2. The zero-order chi connectivity index (χ0) is 15.8. The van der Waals surface area contributed by atoms with E-state index >= 15 is 0 Å². The molecule has 3 nitrogen and oxygen atoms in total. The molecule has 0 aliphatic carbocycles. The van der Waals surface area contributed by atoms with Crippen LogP contribution < -0.4 is 0 Å². The summed E-state index contributed by atoms with van der Waals surface area (Å²) >= 11 is 0. The molecule has 1 heterocycles. The molecule has 1 aliphatic rings. The fraction of sp³-hybridized carbons (Fsp3) is 0.526. The minimum absolute atomic E-state index is 0.420. The van der Waals surface area contributed by atoms with Crippen LogP contribution in [0.4, 0.5) is 0 Å². The van der Waals surface area contributed by atoms with Gasteiger partial charge in [0.2, 0.25) is 0 Å². The van der Waals surface area contributed by atoms with Crippen LogP contribution in [0, 0.1) is 17.0 Å². The van der Waals surface area contributed by atoms with Crippen LogP contribution in [0.1, 0.15) is 38.2 Å². The third kappa shape index (κ3) is 5.64. The van der Waals surface area contributed by atoms with Crippen molar-refractivity contribution in [2.24, 2.45) is 11.8 Å². The van der Waals surface area contributed by atoms with Gasteiger partial charge in [0.05, 0.1) is 6.61 Å².